The Morgan fingerprint density at radius 1 is 1.42 bits per heavy atom. The predicted octanol–water partition coefficient (Wildman–Crippen LogP) is 1.07. The highest BCUT2D eigenvalue weighted by Gasteiger charge is 2.14. The fraction of sp³-hybridized carbons (Fsp3) is 0.538. The highest BCUT2D eigenvalue weighted by atomic mass is 16.5. The van der Waals surface area contributed by atoms with Crippen molar-refractivity contribution in [3.8, 4) is 0 Å². The molecule has 1 unspecified atom stereocenters. The molecule has 6 nitrogen and oxygen atoms in total. The third-order valence-corrected chi connectivity index (χ3v) is 2.57. The minimum atomic E-state index is -0.514. The number of carbonyl (C=O) groups excluding carboxylic acids is 2. The second kappa shape index (κ2) is 7.58. The number of nitrogens with one attached hydrogen (secondary N) is 2. The molecule has 1 aromatic rings. The van der Waals surface area contributed by atoms with Crippen LogP contribution in [0.15, 0.2) is 16.5 Å². The van der Waals surface area contributed by atoms with Gasteiger partial charge in [-0.15, -0.1) is 0 Å². The van der Waals surface area contributed by atoms with Gasteiger partial charge in [0.15, 0.2) is 0 Å². The Kier molecular flexibility index (Phi) is 6.08. The third-order valence-electron chi connectivity index (χ3n) is 2.57. The first-order chi connectivity index (χ1) is 9.08. The Labute approximate surface area is 112 Å². The normalized spacial score (nSPS) is 11.9. The zero-order valence-corrected chi connectivity index (χ0v) is 11.5. The van der Waals surface area contributed by atoms with Crippen molar-refractivity contribution >= 4 is 11.9 Å². The van der Waals surface area contributed by atoms with Crippen molar-refractivity contribution < 1.29 is 18.7 Å². The molecule has 0 aliphatic carbocycles. The first-order valence-electron chi connectivity index (χ1n) is 6.26. The molecule has 19 heavy (non-hydrogen) atoms. The number of hydrogen-bond donors (Lipinski definition) is 2. The lowest BCUT2D eigenvalue weighted by Crippen LogP contribution is -2.42. The fourth-order valence-electron chi connectivity index (χ4n) is 1.43. The molecule has 1 atom stereocenters. The van der Waals surface area contributed by atoms with E-state index in [-0.39, 0.29) is 17.7 Å². The largest absolute Gasteiger partial charge is 0.463 e. The van der Waals surface area contributed by atoms with Crippen molar-refractivity contribution in [1.29, 1.82) is 0 Å². The van der Waals surface area contributed by atoms with E-state index < -0.39 is 5.97 Å². The molecule has 0 saturated carbocycles. The summed E-state index contributed by atoms with van der Waals surface area (Å²) >= 11 is 0. The van der Waals surface area contributed by atoms with Crippen LogP contribution in [-0.2, 0) is 16.1 Å². The first-order valence-corrected chi connectivity index (χ1v) is 6.26. The van der Waals surface area contributed by atoms with Gasteiger partial charge in [0.1, 0.15) is 5.76 Å². The summed E-state index contributed by atoms with van der Waals surface area (Å²) in [5.41, 5.74) is 0. The van der Waals surface area contributed by atoms with Gasteiger partial charge in [0.25, 0.3) is 0 Å². The minimum Gasteiger partial charge on any atom is -0.463 e. The Morgan fingerprint density at radius 2 is 2.16 bits per heavy atom. The van der Waals surface area contributed by atoms with Crippen molar-refractivity contribution in [2.24, 2.45) is 0 Å². The van der Waals surface area contributed by atoms with Crippen LogP contribution in [0, 0.1) is 0 Å². The van der Waals surface area contributed by atoms with Gasteiger partial charge >= 0.3 is 5.97 Å². The van der Waals surface area contributed by atoms with E-state index in [2.05, 4.69) is 15.4 Å². The summed E-state index contributed by atoms with van der Waals surface area (Å²) in [6, 6.07) is 2.90. The van der Waals surface area contributed by atoms with Crippen LogP contribution in [0.1, 0.15) is 36.6 Å². The van der Waals surface area contributed by atoms with Gasteiger partial charge in [-0.1, -0.05) is 6.92 Å². The van der Waals surface area contributed by atoms with Crippen LogP contribution in [-0.4, -0.2) is 31.6 Å². The molecular weight excluding hydrogens is 248 g/mol. The first kappa shape index (κ1) is 15.2. The van der Waals surface area contributed by atoms with Gasteiger partial charge in [-0.25, -0.2) is 4.79 Å². The van der Waals surface area contributed by atoms with Gasteiger partial charge in [-0.2, -0.15) is 0 Å². The second-order valence-corrected chi connectivity index (χ2v) is 4.15. The quantitative estimate of drug-likeness (QED) is 0.723. The maximum Gasteiger partial charge on any atom is 0.373 e. The van der Waals surface area contributed by atoms with E-state index in [1.165, 1.54) is 7.11 Å². The molecule has 0 aliphatic heterocycles. The van der Waals surface area contributed by atoms with Crippen LogP contribution < -0.4 is 10.6 Å². The molecule has 1 aromatic heterocycles. The molecular formula is C13H20N2O4. The number of amides is 1. The van der Waals surface area contributed by atoms with Crippen LogP contribution in [0.3, 0.4) is 0 Å². The highest BCUT2D eigenvalue weighted by Crippen LogP contribution is 2.08. The van der Waals surface area contributed by atoms with E-state index in [9.17, 15) is 9.59 Å². The smallest absolute Gasteiger partial charge is 0.373 e. The van der Waals surface area contributed by atoms with Crippen molar-refractivity contribution in [1.82, 2.24) is 10.6 Å². The molecule has 1 amide bonds. The molecule has 0 radical (unpaired) electrons. The van der Waals surface area contributed by atoms with E-state index >= 15 is 0 Å². The van der Waals surface area contributed by atoms with Gasteiger partial charge < -0.3 is 14.5 Å². The average molecular weight is 268 g/mol. The lowest BCUT2D eigenvalue weighted by molar-refractivity contribution is -0.122. The molecule has 2 N–H and O–H groups in total. The van der Waals surface area contributed by atoms with E-state index in [1.807, 2.05) is 6.92 Å². The van der Waals surface area contributed by atoms with Gasteiger partial charge in [-0.3, -0.25) is 10.1 Å². The maximum absolute atomic E-state index is 11.6. The van der Waals surface area contributed by atoms with Crippen molar-refractivity contribution in [2.75, 3.05) is 13.7 Å². The maximum atomic E-state index is 11.6. The zero-order chi connectivity index (χ0) is 14.3. The highest BCUT2D eigenvalue weighted by molar-refractivity contribution is 5.86. The fourth-order valence-corrected chi connectivity index (χ4v) is 1.43. The minimum absolute atomic E-state index is 0.0541. The Bertz CT molecular complexity index is 428. The van der Waals surface area contributed by atoms with Gasteiger partial charge in [0.05, 0.1) is 19.7 Å². The molecule has 0 aromatic carbocycles. The zero-order valence-electron chi connectivity index (χ0n) is 11.5. The van der Waals surface area contributed by atoms with E-state index in [0.29, 0.717) is 18.8 Å². The van der Waals surface area contributed by atoms with E-state index in [0.717, 1.165) is 6.42 Å². The molecule has 1 rings (SSSR count). The summed E-state index contributed by atoms with van der Waals surface area (Å²) in [5.74, 6) is 0.166. The monoisotopic (exact) mass is 268 g/mol. The number of esters is 1. The van der Waals surface area contributed by atoms with Crippen LogP contribution in [0.5, 0.6) is 0 Å². The lowest BCUT2D eigenvalue weighted by atomic mass is 10.3. The number of hydrogen-bond acceptors (Lipinski definition) is 5. The predicted molar refractivity (Wildman–Crippen MR) is 69.6 cm³/mol. The number of furan rings is 1. The molecule has 0 fully saturated rings. The van der Waals surface area contributed by atoms with Crippen molar-refractivity contribution in [3.63, 3.8) is 0 Å². The van der Waals surface area contributed by atoms with Crippen LogP contribution in [0.4, 0.5) is 0 Å². The summed E-state index contributed by atoms with van der Waals surface area (Å²) in [5, 5.41) is 5.81. The third kappa shape index (κ3) is 4.75. The van der Waals surface area contributed by atoms with Crippen molar-refractivity contribution in [2.45, 2.75) is 32.9 Å². The topological polar surface area (TPSA) is 80.6 Å². The van der Waals surface area contributed by atoms with Crippen LogP contribution in [0.2, 0.25) is 0 Å². The van der Waals surface area contributed by atoms with Crippen LogP contribution in [0.25, 0.3) is 0 Å². The lowest BCUT2D eigenvalue weighted by Gasteiger charge is -2.12. The molecule has 106 valence electrons. The molecule has 0 bridgehead atoms. The Hall–Kier alpha value is -1.82. The molecule has 0 aliphatic rings. The number of rotatable bonds is 7. The molecule has 0 saturated heterocycles. The number of carbonyl (C=O) groups is 2. The van der Waals surface area contributed by atoms with E-state index in [1.54, 1.807) is 19.1 Å². The SMILES string of the molecule is CCCNC(=O)C(C)NCc1ccc(C(=O)OC)o1. The summed E-state index contributed by atoms with van der Waals surface area (Å²) in [6.07, 6.45) is 0.902. The van der Waals surface area contributed by atoms with Crippen LogP contribution >= 0.6 is 0 Å². The summed E-state index contributed by atoms with van der Waals surface area (Å²) in [7, 11) is 1.29. The Balaban J connectivity index is 2.41. The molecule has 6 heteroatoms. The van der Waals surface area contributed by atoms with Gasteiger partial charge in [0, 0.05) is 6.54 Å². The average Bonchev–Trinajstić information content (AvgIpc) is 2.89. The second-order valence-electron chi connectivity index (χ2n) is 4.15. The number of ether oxygens (including phenoxy) is 1. The number of methoxy groups -OCH3 is 1. The standard InChI is InChI=1S/C13H20N2O4/c1-4-7-14-12(16)9(2)15-8-10-5-6-11(19-10)13(17)18-3/h5-6,9,15H,4,7-8H2,1-3H3,(H,14,16). The van der Waals surface area contributed by atoms with Gasteiger partial charge in [0.2, 0.25) is 11.7 Å². The Morgan fingerprint density at radius 3 is 2.79 bits per heavy atom. The van der Waals surface area contributed by atoms with E-state index in [4.69, 9.17) is 4.42 Å². The summed E-state index contributed by atoms with van der Waals surface area (Å²) in [6.45, 7) is 4.81. The molecule has 0 spiro atoms. The summed E-state index contributed by atoms with van der Waals surface area (Å²) in [4.78, 5) is 22.8. The summed E-state index contributed by atoms with van der Waals surface area (Å²) < 4.78 is 9.82. The van der Waals surface area contributed by atoms with Crippen molar-refractivity contribution in [3.05, 3.63) is 23.7 Å². The van der Waals surface area contributed by atoms with Gasteiger partial charge in [-0.05, 0) is 25.5 Å². The molecule has 1 heterocycles.